The van der Waals surface area contributed by atoms with Crippen LogP contribution in [0.5, 0.6) is 0 Å². The van der Waals surface area contributed by atoms with Crippen LogP contribution in [0.25, 0.3) is 0 Å². The molecule has 31 heavy (non-hydrogen) atoms. The molecule has 2 atom stereocenters. The molecule has 1 saturated heterocycles. The molecule has 1 fully saturated rings. The molecule has 1 heterocycles. The summed E-state index contributed by atoms with van der Waals surface area (Å²) in [6.45, 7) is 2.05. The van der Waals surface area contributed by atoms with E-state index in [0.717, 1.165) is 28.5 Å². The summed E-state index contributed by atoms with van der Waals surface area (Å²) in [6.07, 6.45) is 0.899. The smallest absolute Gasteiger partial charge is 0.239 e. The molecule has 4 aliphatic rings. The van der Waals surface area contributed by atoms with Gasteiger partial charge in [-0.3, -0.25) is 9.59 Å². The Morgan fingerprint density at radius 1 is 0.774 bits per heavy atom. The van der Waals surface area contributed by atoms with Gasteiger partial charge in [-0.15, -0.1) is 0 Å². The predicted molar refractivity (Wildman–Crippen MR) is 120 cm³/mol. The molecule has 5 heteroatoms. The average molecular weight is 472 g/mol. The molecule has 1 aliphatic heterocycles. The summed E-state index contributed by atoms with van der Waals surface area (Å²) in [5.41, 5.74) is 2.22. The number of anilines is 1. The highest BCUT2D eigenvalue weighted by molar-refractivity contribution is 9.10. The van der Waals surface area contributed by atoms with Crippen LogP contribution in [0.4, 0.5) is 5.69 Å². The van der Waals surface area contributed by atoms with Gasteiger partial charge in [0, 0.05) is 9.89 Å². The molecule has 0 unspecified atom stereocenters. The van der Waals surface area contributed by atoms with Crippen molar-refractivity contribution in [3.8, 4) is 0 Å². The van der Waals surface area contributed by atoms with Crippen LogP contribution in [0.15, 0.2) is 77.3 Å². The fourth-order valence-corrected chi connectivity index (χ4v) is 6.80. The number of hydrogen-bond donors (Lipinski definition) is 0. The van der Waals surface area contributed by atoms with Crippen LogP contribution in [-0.4, -0.2) is 18.1 Å². The molecular weight excluding hydrogens is 454 g/mol. The maximum absolute atomic E-state index is 13.9. The lowest BCUT2D eigenvalue weighted by Gasteiger charge is -2.56. The molecule has 0 radical (unpaired) electrons. The normalized spacial score (nSPS) is 30.1. The van der Waals surface area contributed by atoms with E-state index in [1.807, 2.05) is 67.6 Å². The van der Waals surface area contributed by atoms with E-state index in [-0.39, 0.29) is 11.8 Å². The molecule has 0 N–H and O–H groups in total. The zero-order valence-electron chi connectivity index (χ0n) is 16.7. The lowest BCUT2D eigenvalue weighted by molar-refractivity contribution is -0.129. The average Bonchev–Trinajstić information content (AvgIpc) is 3.07. The van der Waals surface area contributed by atoms with Crippen molar-refractivity contribution in [2.24, 2.45) is 11.8 Å². The second-order valence-corrected chi connectivity index (χ2v) is 9.55. The van der Waals surface area contributed by atoms with Crippen molar-refractivity contribution in [3.05, 3.63) is 99.5 Å². The molecule has 0 spiro atoms. The summed E-state index contributed by atoms with van der Waals surface area (Å²) in [7, 11) is 0. The van der Waals surface area contributed by atoms with E-state index in [2.05, 4.69) is 15.9 Å². The van der Waals surface area contributed by atoms with E-state index in [4.69, 9.17) is 0 Å². The van der Waals surface area contributed by atoms with Gasteiger partial charge in [-0.1, -0.05) is 67.6 Å². The minimum atomic E-state index is -1.18. The van der Waals surface area contributed by atoms with Gasteiger partial charge >= 0.3 is 0 Å². The van der Waals surface area contributed by atoms with Crippen LogP contribution < -0.4 is 4.90 Å². The number of aldehydes is 1. The van der Waals surface area contributed by atoms with Gasteiger partial charge in [0.2, 0.25) is 11.8 Å². The van der Waals surface area contributed by atoms with Crippen LogP contribution in [0, 0.1) is 11.8 Å². The van der Waals surface area contributed by atoms with Gasteiger partial charge in [0.15, 0.2) is 0 Å². The van der Waals surface area contributed by atoms with Crippen molar-refractivity contribution in [1.82, 2.24) is 0 Å². The van der Waals surface area contributed by atoms with Crippen molar-refractivity contribution >= 4 is 39.7 Å². The zero-order valence-corrected chi connectivity index (χ0v) is 18.3. The number of amides is 2. The Balaban J connectivity index is 1.71. The summed E-state index contributed by atoms with van der Waals surface area (Å²) in [4.78, 5) is 42.2. The van der Waals surface area contributed by atoms with Crippen molar-refractivity contribution in [3.63, 3.8) is 0 Å². The molecule has 3 aliphatic carbocycles. The maximum atomic E-state index is 13.9. The van der Waals surface area contributed by atoms with Crippen molar-refractivity contribution in [2.75, 3.05) is 4.90 Å². The summed E-state index contributed by atoms with van der Waals surface area (Å²) in [5, 5.41) is 0. The number of rotatable bonds is 2. The van der Waals surface area contributed by atoms with Gasteiger partial charge < -0.3 is 4.79 Å². The second kappa shape index (κ2) is 6.01. The van der Waals surface area contributed by atoms with Gasteiger partial charge in [0.05, 0.1) is 22.9 Å². The number of benzene rings is 3. The number of halogens is 1. The van der Waals surface area contributed by atoms with Gasteiger partial charge in [-0.2, -0.15) is 0 Å². The molecular formula is C26H18BrNO3. The maximum Gasteiger partial charge on any atom is 0.239 e. The van der Waals surface area contributed by atoms with Crippen molar-refractivity contribution < 1.29 is 14.4 Å². The van der Waals surface area contributed by atoms with Gasteiger partial charge in [-0.05, 0) is 50.3 Å². The summed E-state index contributed by atoms with van der Waals surface area (Å²) in [6, 6.07) is 22.8. The Kier molecular flexibility index (Phi) is 3.63. The summed E-state index contributed by atoms with van der Waals surface area (Å²) >= 11 is 3.49. The van der Waals surface area contributed by atoms with Crippen LogP contribution >= 0.6 is 15.9 Å². The summed E-state index contributed by atoms with van der Waals surface area (Å²) < 4.78 is 0.669. The fourth-order valence-electron chi connectivity index (χ4n) is 6.33. The number of imide groups is 1. The quantitative estimate of drug-likeness (QED) is 0.411. The molecule has 152 valence electrons. The van der Waals surface area contributed by atoms with Crippen LogP contribution in [0.3, 0.4) is 0 Å². The zero-order chi connectivity index (χ0) is 21.5. The van der Waals surface area contributed by atoms with E-state index in [9.17, 15) is 14.4 Å². The minimum Gasteiger partial charge on any atom is -0.302 e. The molecule has 2 amide bonds. The van der Waals surface area contributed by atoms with Gasteiger partial charge in [-0.25, -0.2) is 4.90 Å². The number of para-hydroxylation sites is 1. The highest BCUT2D eigenvalue weighted by Gasteiger charge is 2.72. The highest BCUT2D eigenvalue weighted by Crippen LogP contribution is 2.66. The van der Waals surface area contributed by atoms with Crippen LogP contribution in [0.2, 0.25) is 0 Å². The first-order chi connectivity index (χ1) is 15.0. The van der Waals surface area contributed by atoms with Gasteiger partial charge in [0.25, 0.3) is 0 Å². The first-order valence-corrected chi connectivity index (χ1v) is 11.1. The third-order valence-electron chi connectivity index (χ3n) is 7.56. The number of carbonyl (C=O) groups is 3. The Hall–Kier alpha value is -3.05. The Morgan fingerprint density at radius 2 is 1.26 bits per heavy atom. The van der Waals surface area contributed by atoms with E-state index in [1.165, 1.54) is 4.90 Å². The van der Waals surface area contributed by atoms with E-state index in [1.54, 1.807) is 12.1 Å². The van der Waals surface area contributed by atoms with Crippen LogP contribution in [0.1, 0.15) is 29.2 Å². The summed E-state index contributed by atoms with van der Waals surface area (Å²) in [5.74, 6) is -2.00. The monoisotopic (exact) mass is 471 g/mol. The molecule has 0 saturated carbocycles. The first kappa shape index (κ1) is 18.7. The van der Waals surface area contributed by atoms with E-state index < -0.39 is 22.7 Å². The third kappa shape index (κ3) is 1.94. The van der Waals surface area contributed by atoms with Gasteiger partial charge in [0.1, 0.15) is 6.29 Å². The fraction of sp³-hybridized carbons (Fsp3) is 0.192. The molecule has 3 aromatic rings. The van der Waals surface area contributed by atoms with Crippen molar-refractivity contribution in [2.45, 2.75) is 17.8 Å². The minimum absolute atomic E-state index is 0.250. The predicted octanol–water partition coefficient (Wildman–Crippen LogP) is 4.37. The first-order valence-electron chi connectivity index (χ1n) is 10.3. The lowest BCUT2D eigenvalue weighted by Crippen LogP contribution is -2.61. The molecule has 7 rings (SSSR count). The second-order valence-electron chi connectivity index (χ2n) is 8.70. The van der Waals surface area contributed by atoms with Crippen LogP contribution in [-0.2, 0) is 25.2 Å². The Labute approximate surface area is 188 Å². The Morgan fingerprint density at radius 3 is 1.81 bits per heavy atom. The molecule has 0 aromatic heterocycles. The SMILES string of the molecule is CC12c3ccccc3C(C=O)(c3ccccc31)[C@@H]1C(=O)N(c3ccccc3Br)C(=O)[C@@H]12. The number of nitrogens with zero attached hydrogens (tertiary/aromatic N) is 1. The largest absolute Gasteiger partial charge is 0.302 e. The number of carbonyl (C=O) groups excluding carboxylic acids is 3. The number of hydrogen-bond acceptors (Lipinski definition) is 3. The topological polar surface area (TPSA) is 54.5 Å². The molecule has 2 bridgehead atoms. The highest BCUT2D eigenvalue weighted by atomic mass is 79.9. The third-order valence-corrected chi connectivity index (χ3v) is 8.23. The van der Waals surface area contributed by atoms with E-state index >= 15 is 0 Å². The Bertz CT molecular complexity index is 1270. The van der Waals surface area contributed by atoms with E-state index in [0.29, 0.717) is 10.2 Å². The lowest BCUT2D eigenvalue weighted by atomic mass is 9.42. The molecule has 4 nitrogen and oxygen atoms in total. The molecule has 3 aromatic carbocycles. The van der Waals surface area contributed by atoms with Crippen molar-refractivity contribution in [1.29, 1.82) is 0 Å². The standard InChI is InChI=1S/C26H18BrNO3/c1-25-15-8-2-4-10-17(15)26(14-29,18-11-5-3-9-16(18)25)22-21(25)23(30)28(24(22)31)20-13-7-6-12-19(20)27/h2-14,21-22H,1H3/t21-,22+,25?,26?/m1/s1.